The van der Waals surface area contributed by atoms with E-state index in [1.165, 1.54) is 6.07 Å². The highest BCUT2D eigenvalue weighted by Gasteiger charge is 2.18. The van der Waals surface area contributed by atoms with Crippen LogP contribution in [0.25, 0.3) is 0 Å². The lowest BCUT2D eigenvalue weighted by atomic mass is 10.1. The lowest BCUT2D eigenvalue weighted by molar-refractivity contribution is -0.402. The second-order valence-electron chi connectivity index (χ2n) is 6.13. The number of nitro groups is 1. The second kappa shape index (κ2) is 7.81. The van der Waals surface area contributed by atoms with Gasteiger partial charge in [0, 0.05) is 25.2 Å². The first-order valence-electron chi connectivity index (χ1n) is 8.45. The fraction of sp³-hybridized carbons (Fsp3) is 0.333. The summed E-state index contributed by atoms with van der Waals surface area (Å²) in [5, 5.41) is 13.2. The summed E-state index contributed by atoms with van der Waals surface area (Å²) in [5.41, 5.74) is 1.55. The molecule has 0 radical (unpaired) electrons. The molecule has 1 N–H and O–H groups in total. The molecule has 8 nitrogen and oxygen atoms in total. The van der Waals surface area contributed by atoms with Crippen LogP contribution in [0.1, 0.15) is 35.4 Å². The molecule has 1 aromatic carbocycles. The number of rotatable bonds is 6. The molecule has 26 heavy (non-hydrogen) atoms. The van der Waals surface area contributed by atoms with Gasteiger partial charge in [0.2, 0.25) is 5.91 Å². The molecule has 2 amide bonds. The predicted molar refractivity (Wildman–Crippen MR) is 93.9 cm³/mol. The molecule has 0 unspecified atom stereocenters. The lowest BCUT2D eigenvalue weighted by Crippen LogP contribution is -2.27. The first-order valence-corrected chi connectivity index (χ1v) is 8.45. The number of carbonyl (C=O) groups is 2. The number of hydrogen-bond acceptors (Lipinski definition) is 5. The molecular formula is C18H19N3O5. The summed E-state index contributed by atoms with van der Waals surface area (Å²) in [7, 11) is 0. The molecule has 8 heteroatoms. The summed E-state index contributed by atoms with van der Waals surface area (Å²) in [6.45, 7) is 1.71. The minimum Gasteiger partial charge on any atom is -0.395 e. The number of nitrogens with zero attached hydrogens (tertiary/aromatic N) is 2. The van der Waals surface area contributed by atoms with Gasteiger partial charge in [0.05, 0.1) is 6.07 Å². The Morgan fingerprint density at radius 3 is 2.42 bits per heavy atom. The predicted octanol–water partition coefficient (Wildman–Crippen LogP) is 3.00. The maximum Gasteiger partial charge on any atom is 0.433 e. The van der Waals surface area contributed by atoms with E-state index in [-0.39, 0.29) is 11.7 Å². The van der Waals surface area contributed by atoms with E-state index >= 15 is 0 Å². The fourth-order valence-electron chi connectivity index (χ4n) is 2.87. The van der Waals surface area contributed by atoms with Crippen LogP contribution in [-0.2, 0) is 11.2 Å². The molecule has 1 aliphatic heterocycles. The molecule has 1 fully saturated rings. The summed E-state index contributed by atoms with van der Waals surface area (Å²) in [5.74, 6) is -0.987. The second-order valence-corrected chi connectivity index (χ2v) is 6.13. The SMILES string of the molecule is O=C(Nc1ccc(CCC(=O)N2CCCC2)cc1)c1ccc([N+](=O)[O-])o1. The molecule has 136 valence electrons. The number of nitrogens with one attached hydrogen (secondary N) is 1. The van der Waals surface area contributed by atoms with Crippen LogP contribution in [0.5, 0.6) is 0 Å². The van der Waals surface area contributed by atoms with E-state index in [1.54, 1.807) is 12.1 Å². The Kier molecular flexibility index (Phi) is 5.31. The van der Waals surface area contributed by atoms with Gasteiger partial charge in [-0.15, -0.1) is 0 Å². The monoisotopic (exact) mass is 357 g/mol. The molecule has 3 rings (SSSR count). The number of anilines is 1. The van der Waals surface area contributed by atoms with Crippen molar-refractivity contribution in [3.05, 3.63) is 57.8 Å². The highest BCUT2D eigenvalue weighted by Crippen LogP contribution is 2.18. The quantitative estimate of drug-likeness (QED) is 0.632. The van der Waals surface area contributed by atoms with Gasteiger partial charge < -0.3 is 14.6 Å². The van der Waals surface area contributed by atoms with Crippen LogP contribution in [0.3, 0.4) is 0 Å². The Hall–Kier alpha value is -3.16. The summed E-state index contributed by atoms with van der Waals surface area (Å²) in [4.78, 5) is 35.8. The van der Waals surface area contributed by atoms with E-state index in [0.29, 0.717) is 18.5 Å². The molecule has 0 aliphatic carbocycles. The number of amides is 2. The Morgan fingerprint density at radius 2 is 1.81 bits per heavy atom. The van der Waals surface area contributed by atoms with Crippen molar-refractivity contribution in [3.8, 4) is 0 Å². The van der Waals surface area contributed by atoms with Gasteiger partial charge in [0.15, 0.2) is 5.76 Å². The van der Waals surface area contributed by atoms with Crippen molar-refractivity contribution >= 4 is 23.4 Å². The molecule has 1 aromatic heterocycles. The van der Waals surface area contributed by atoms with Crippen molar-refractivity contribution in [1.82, 2.24) is 4.90 Å². The van der Waals surface area contributed by atoms with Gasteiger partial charge in [-0.3, -0.25) is 19.7 Å². The summed E-state index contributed by atoms with van der Waals surface area (Å²) in [6.07, 6.45) is 3.29. The van der Waals surface area contributed by atoms with Crippen molar-refractivity contribution in [2.24, 2.45) is 0 Å². The summed E-state index contributed by atoms with van der Waals surface area (Å²) >= 11 is 0. The van der Waals surface area contributed by atoms with Gasteiger partial charge in [-0.05, 0) is 43.0 Å². The van der Waals surface area contributed by atoms with Gasteiger partial charge in [-0.2, -0.15) is 0 Å². The average molecular weight is 357 g/mol. The fourth-order valence-corrected chi connectivity index (χ4v) is 2.87. The Bertz CT molecular complexity index is 806. The van der Waals surface area contributed by atoms with E-state index in [0.717, 1.165) is 37.6 Å². The van der Waals surface area contributed by atoms with Gasteiger partial charge in [0.25, 0.3) is 5.91 Å². The lowest BCUT2D eigenvalue weighted by Gasteiger charge is -2.15. The summed E-state index contributed by atoms with van der Waals surface area (Å²) in [6, 6.07) is 9.53. The Balaban J connectivity index is 1.52. The van der Waals surface area contributed by atoms with Crippen molar-refractivity contribution in [1.29, 1.82) is 0 Å². The largest absolute Gasteiger partial charge is 0.433 e. The standard InChI is InChI=1S/C18H19N3O5/c22-16(20-11-1-2-12-20)9-5-13-3-6-14(7-4-13)19-18(23)15-8-10-17(26-15)21(24)25/h3-4,6-8,10H,1-2,5,9,11-12H2,(H,19,23). The molecule has 0 atom stereocenters. The molecule has 2 aromatic rings. The zero-order chi connectivity index (χ0) is 18.5. The minimum atomic E-state index is -0.699. The molecule has 1 saturated heterocycles. The van der Waals surface area contributed by atoms with E-state index in [1.807, 2.05) is 17.0 Å². The van der Waals surface area contributed by atoms with Crippen LogP contribution in [0.2, 0.25) is 0 Å². The highest BCUT2D eigenvalue weighted by molar-refractivity contribution is 6.02. The van der Waals surface area contributed by atoms with Crippen molar-refractivity contribution < 1.29 is 18.9 Å². The molecular weight excluding hydrogens is 338 g/mol. The smallest absolute Gasteiger partial charge is 0.395 e. The van der Waals surface area contributed by atoms with Crippen LogP contribution in [0, 0.1) is 10.1 Å². The third kappa shape index (κ3) is 4.27. The van der Waals surface area contributed by atoms with E-state index < -0.39 is 16.7 Å². The number of likely N-dealkylation sites (tertiary alicyclic amines) is 1. The molecule has 0 saturated carbocycles. The van der Waals surface area contributed by atoms with E-state index in [2.05, 4.69) is 5.32 Å². The minimum absolute atomic E-state index is 0.128. The molecule has 0 spiro atoms. The number of hydrogen-bond donors (Lipinski definition) is 1. The van der Waals surface area contributed by atoms with Gasteiger partial charge >= 0.3 is 5.88 Å². The normalized spacial score (nSPS) is 13.6. The molecule has 2 heterocycles. The third-order valence-electron chi connectivity index (χ3n) is 4.29. The average Bonchev–Trinajstić information content (AvgIpc) is 3.32. The van der Waals surface area contributed by atoms with Crippen LogP contribution < -0.4 is 5.32 Å². The zero-order valence-corrected chi connectivity index (χ0v) is 14.1. The molecule has 0 bridgehead atoms. The maximum absolute atomic E-state index is 12.0. The van der Waals surface area contributed by atoms with Crippen LogP contribution in [0.15, 0.2) is 40.8 Å². The van der Waals surface area contributed by atoms with Crippen molar-refractivity contribution in [2.75, 3.05) is 18.4 Å². The summed E-state index contributed by atoms with van der Waals surface area (Å²) < 4.78 is 4.86. The van der Waals surface area contributed by atoms with Crippen LogP contribution in [-0.4, -0.2) is 34.7 Å². The number of furan rings is 1. The Morgan fingerprint density at radius 1 is 1.12 bits per heavy atom. The highest BCUT2D eigenvalue weighted by atomic mass is 16.6. The van der Waals surface area contributed by atoms with Crippen LogP contribution in [0.4, 0.5) is 11.6 Å². The molecule has 1 aliphatic rings. The first-order chi connectivity index (χ1) is 12.5. The van der Waals surface area contributed by atoms with E-state index in [9.17, 15) is 19.7 Å². The van der Waals surface area contributed by atoms with E-state index in [4.69, 9.17) is 4.42 Å². The third-order valence-corrected chi connectivity index (χ3v) is 4.29. The zero-order valence-electron chi connectivity index (χ0n) is 14.1. The van der Waals surface area contributed by atoms with Gasteiger partial charge in [0.1, 0.15) is 4.92 Å². The first kappa shape index (κ1) is 17.7. The topological polar surface area (TPSA) is 106 Å². The number of carbonyl (C=O) groups excluding carboxylic acids is 2. The Labute approximate surface area is 149 Å². The van der Waals surface area contributed by atoms with Crippen LogP contribution >= 0.6 is 0 Å². The number of benzene rings is 1. The van der Waals surface area contributed by atoms with Gasteiger partial charge in [-0.1, -0.05) is 12.1 Å². The van der Waals surface area contributed by atoms with Crippen molar-refractivity contribution in [3.63, 3.8) is 0 Å². The maximum atomic E-state index is 12.0. The number of aryl methyl sites for hydroxylation is 1. The van der Waals surface area contributed by atoms with Crippen molar-refractivity contribution in [2.45, 2.75) is 25.7 Å². The van der Waals surface area contributed by atoms with Gasteiger partial charge in [-0.25, -0.2) is 0 Å².